The van der Waals surface area contributed by atoms with Gasteiger partial charge >= 0.3 is 0 Å². The molecule has 0 bridgehead atoms. The quantitative estimate of drug-likeness (QED) is 0.232. The number of nitro benzene ring substituents is 1. The number of non-ortho nitro benzene ring substituents is 1. The Hall–Kier alpha value is -3.64. The third-order valence-electron chi connectivity index (χ3n) is 5.29. The van der Waals surface area contributed by atoms with E-state index in [0.717, 1.165) is 16.8 Å². The highest BCUT2D eigenvalue weighted by molar-refractivity contribution is 6.36. The van der Waals surface area contributed by atoms with E-state index in [4.69, 9.17) is 16.3 Å². The monoisotopic (exact) mass is 462 g/mol. The van der Waals surface area contributed by atoms with Gasteiger partial charge in [-0.05, 0) is 41.3 Å². The first-order chi connectivity index (χ1) is 15.8. The third-order valence-corrected chi connectivity index (χ3v) is 5.59. The number of hydrogen-bond acceptors (Lipinski definition) is 4. The van der Waals surface area contributed by atoms with Crippen molar-refractivity contribution in [3.8, 4) is 5.75 Å². The van der Waals surface area contributed by atoms with Crippen molar-refractivity contribution in [2.45, 2.75) is 20.5 Å². The van der Waals surface area contributed by atoms with Gasteiger partial charge in [-0.1, -0.05) is 61.8 Å². The van der Waals surface area contributed by atoms with Gasteiger partial charge in [-0.15, -0.1) is 0 Å². The van der Waals surface area contributed by atoms with Crippen LogP contribution in [0.3, 0.4) is 0 Å². The Labute approximate surface area is 197 Å². The predicted octanol–water partition coefficient (Wildman–Crippen LogP) is 6.37. The number of hydrogen-bond donors (Lipinski definition) is 0. The van der Waals surface area contributed by atoms with Crippen molar-refractivity contribution in [1.82, 2.24) is 0 Å². The Morgan fingerprint density at radius 2 is 1.88 bits per heavy atom. The molecule has 0 aromatic heterocycles. The first kappa shape index (κ1) is 22.6. The van der Waals surface area contributed by atoms with Gasteiger partial charge in [0.25, 0.3) is 11.6 Å². The zero-order valence-corrected chi connectivity index (χ0v) is 19.1. The summed E-state index contributed by atoms with van der Waals surface area (Å²) in [5, 5.41) is 11.3. The lowest BCUT2D eigenvalue weighted by molar-refractivity contribution is -0.384. The van der Waals surface area contributed by atoms with E-state index in [9.17, 15) is 14.9 Å². The Kier molecular flexibility index (Phi) is 6.47. The zero-order chi connectivity index (χ0) is 23.5. The molecule has 3 aromatic carbocycles. The van der Waals surface area contributed by atoms with E-state index in [1.165, 1.54) is 12.1 Å². The fraction of sp³-hybridized carbons (Fsp3) is 0.192. The number of carbonyl (C=O) groups is 1. The molecule has 3 aromatic rings. The molecule has 0 aliphatic carbocycles. The van der Waals surface area contributed by atoms with Gasteiger partial charge in [0.05, 0.1) is 15.6 Å². The lowest BCUT2D eigenvalue weighted by Crippen LogP contribution is -2.30. The number of nitrogens with zero attached hydrogens (tertiary/aromatic N) is 2. The summed E-state index contributed by atoms with van der Waals surface area (Å²) in [7, 11) is 0. The summed E-state index contributed by atoms with van der Waals surface area (Å²) in [6.45, 7) is 4.98. The molecule has 33 heavy (non-hydrogen) atoms. The van der Waals surface area contributed by atoms with E-state index < -0.39 is 4.92 Å². The molecular formula is C26H23ClN2O4. The Bertz CT molecular complexity index is 1250. The minimum atomic E-state index is -0.441. The van der Waals surface area contributed by atoms with Gasteiger partial charge in [0.15, 0.2) is 0 Å². The molecule has 1 heterocycles. The largest absolute Gasteiger partial charge is 0.487 e. The van der Waals surface area contributed by atoms with Crippen molar-refractivity contribution in [2.24, 2.45) is 5.92 Å². The van der Waals surface area contributed by atoms with Crippen LogP contribution in [-0.4, -0.2) is 17.4 Å². The van der Waals surface area contributed by atoms with Gasteiger partial charge in [-0.25, -0.2) is 0 Å². The van der Waals surface area contributed by atoms with Crippen molar-refractivity contribution < 1.29 is 14.5 Å². The molecule has 0 unspecified atom stereocenters. The molecule has 4 rings (SSSR count). The number of amides is 1. The van der Waals surface area contributed by atoms with Crippen LogP contribution in [0.25, 0.3) is 11.6 Å². The highest BCUT2D eigenvalue weighted by atomic mass is 35.5. The molecule has 0 saturated heterocycles. The van der Waals surface area contributed by atoms with Gasteiger partial charge in [0.2, 0.25) is 0 Å². The fourth-order valence-electron chi connectivity index (χ4n) is 3.80. The second-order valence-corrected chi connectivity index (χ2v) is 8.70. The molecule has 168 valence electrons. The molecule has 1 aliphatic heterocycles. The molecule has 0 radical (unpaired) electrons. The Morgan fingerprint density at radius 1 is 1.09 bits per heavy atom. The van der Waals surface area contributed by atoms with Gasteiger partial charge in [-0.2, -0.15) is 0 Å². The smallest absolute Gasteiger partial charge is 0.269 e. The van der Waals surface area contributed by atoms with Crippen LogP contribution < -0.4 is 9.64 Å². The van der Waals surface area contributed by atoms with E-state index in [0.29, 0.717) is 34.4 Å². The Balaban J connectivity index is 1.55. The van der Waals surface area contributed by atoms with Crippen LogP contribution in [0.15, 0.2) is 66.7 Å². The molecular weight excluding hydrogens is 440 g/mol. The van der Waals surface area contributed by atoms with Crippen LogP contribution >= 0.6 is 11.6 Å². The normalized spacial score (nSPS) is 14.1. The van der Waals surface area contributed by atoms with Crippen molar-refractivity contribution in [3.05, 3.63) is 98.6 Å². The molecule has 1 aliphatic rings. The van der Waals surface area contributed by atoms with Gasteiger partial charge in [0, 0.05) is 29.8 Å². The SMILES string of the molecule is CC(C)CN1C(=O)/C(=C\c2ccc(OCc3cccc([N+](=O)[O-])c3)c(Cl)c2)c2ccccc21. The van der Waals surface area contributed by atoms with Crippen LogP contribution in [-0.2, 0) is 11.4 Å². The summed E-state index contributed by atoms with van der Waals surface area (Å²) in [6, 6.07) is 19.4. The van der Waals surface area contributed by atoms with Crippen molar-refractivity contribution in [2.75, 3.05) is 11.4 Å². The predicted molar refractivity (Wildman–Crippen MR) is 130 cm³/mol. The number of nitro groups is 1. The minimum absolute atomic E-state index is 0.0113. The second kappa shape index (κ2) is 9.46. The molecule has 1 amide bonds. The van der Waals surface area contributed by atoms with Crippen molar-refractivity contribution >= 4 is 40.5 Å². The van der Waals surface area contributed by atoms with Gasteiger partial charge in [-0.3, -0.25) is 14.9 Å². The summed E-state index contributed by atoms with van der Waals surface area (Å²) in [6.07, 6.45) is 1.84. The van der Waals surface area contributed by atoms with E-state index in [2.05, 4.69) is 13.8 Å². The molecule has 0 atom stereocenters. The number of anilines is 1. The maximum Gasteiger partial charge on any atom is 0.269 e. The van der Waals surface area contributed by atoms with E-state index in [1.807, 2.05) is 41.3 Å². The molecule has 7 heteroatoms. The van der Waals surface area contributed by atoms with Crippen LogP contribution in [0.2, 0.25) is 5.02 Å². The fourth-order valence-corrected chi connectivity index (χ4v) is 4.05. The number of fused-ring (bicyclic) bond motifs is 1. The van der Waals surface area contributed by atoms with Crippen molar-refractivity contribution in [3.63, 3.8) is 0 Å². The van der Waals surface area contributed by atoms with Gasteiger partial charge < -0.3 is 9.64 Å². The number of ether oxygens (including phenoxy) is 1. The molecule has 6 nitrogen and oxygen atoms in total. The maximum atomic E-state index is 13.1. The first-order valence-electron chi connectivity index (χ1n) is 10.6. The number of rotatable bonds is 7. The van der Waals surface area contributed by atoms with Crippen LogP contribution in [0.5, 0.6) is 5.75 Å². The molecule has 0 saturated carbocycles. The first-order valence-corrected chi connectivity index (χ1v) is 11.0. The average molecular weight is 463 g/mol. The highest BCUT2D eigenvalue weighted by Crippen LogP contribution is 2.38. The topological polar surface area (TPSA) is 72.7 Å². The summed E-state index contributed by atoms with van der Waals surface area (Å²) in [5.74, 6) is 0.787. The lowest BCUT2D eigenvalue weighted by Gasteiger charge is -2.19. The van der Waals surface area contributed by atoms with E-state index in [1.54, 1.807) is 24.3 Å². The molecule has 0 spiro atoms. The summed E-state index contributed by atoms with van der Waals surface area (Å²) in [5.41, 5.74) is 3.93. The van der Waals surface area contributed by atoms with Crippen molar-refractivity contribution in [1.29, 1.82) is 0 Å². The number of benzene rings is 3. The number of halogens is 1. The molecule has 0 fully saturated rings. The molecule has 0 N–H and O–H groups in total. The summed E-state index contributed by atoms with van der Waals surface area (Å²) < 4.78 is 5.77. The summed E-state index contributed by atoms with van der Waals surface area (Å²) in [4.78, 5) is 25.5. The Morgan fingerprint density at radius 3 is 2.61 bits per heavy atom. The lowest BCUT2D eigenvalue weighted by atomic mass is 10.0. The van der Waals surface area contributed by atoms with Crippen LogP contribution in [0.1, 0.15) is 30.5 Å². The second-order valence-electron chi connectivity index (χ2n) is 8.29. The number of carbonyl (C=O) groups excluding carboxylic acids is 1. The maximum absolute atomic E-state index is 13.1. The van der Waals surface area contributed by atoms with Crippen LogP contribution in [0.4, 0.5) is 11.4 Å². The minimum Gasteiger partial charge on any atom is -0.487 e. The number of para-hydroxylation sites is 1. The third kappa shape index (κ3) is 4.91. The summed E-state index contributed by atoms with van der Waals surface area (Å²) >= 11 is 6.44. The van der Waals surface area contributed by atoms with Gasteiger partial charge in [0.1, 0.15) is 12.4 Å². The van der Waals surface area contributed by atoms with Crippen LogP contribution in [0, 0.1) is 16.0 Å². The zero-order valence-electron chi connectivity index (χ0n) is 18.3. The average Bonchev–Trinajstić information content (AvgIpc) is 3.04. The highest BCUT2D eigenvalue weighted by Gasteiger charge is 2.32. The van der Waals surface area contributed by atoms with E-state index in [-0.39, 0.29) is 18.2 Å². The van der Waals surface area contributed by atoms with E-state index >= 15 is 0 Å². The standard InChI is InChI=1S/C26H23ClN2O4/c1-17(2)15-28-24-9-4-3-8-21(24)22(26(28)30)13-18-10-11-25(23(27)14-18)33-16-19-6-5-7-20(12-19)29(31)32/h3-14,17H,15-16H2,1-2H3/b22-13-.